The van der Waals surface area contributed by atoms with Crippen molar-refractivity contribution in [3.63, 3.8) is 0 Å². The van der Waals surface area contributed by atoms with Gasteiger partial charge in [0.15, 0.2) is 0 Å². The first-order valence-corrected chi connectivity index (χ1v) is 4.29. The van der Waals surface area contributed by atoms with E-state index >= 15 is 0 Å². The van der Waals surface area contributed by atoms with Crippen molar-refractivity contribution >= 4 is 11.6 Å². The summed E-state index contributed by atoms with van der Waals surface area (Å²) in [5, 5.41) is 0.521. The van der Waals surface area contributed by atoms with Crippen LogP contribution < -0.4 is 0 Å². The smallest absolute Gasteiger partial charge is 0.133 e. The van der Waals surface area contributed by atoms with Crippen molar-refractivity contribution in [2.75, 3.05) is 0 Å². The Bertz CT molecular complexity index is 269. The molecule has 0 aliphatic heterocycles. The first-order chi connectivity index (χ1) is 5.39. The van der Waals surface area contributed by atoms with Gasteiger partial charge in [-0.05, 0) is 13.0 Å². The Labute approximate surface area is 78.0 Å². The molecule has 0 bridgehead atoms. The molecule has 0 fully saturated rings. The van der Waals surface area contributed by atoms with Crippen molar-refractivity contribution in [2.45, 2.75) is 33.1 Å². The van der Waals surface area contributed by atoms with Crippen LogP contribution in [0.3, 0.4) is 0 Å². The number of hydrogen-bond donors (Lipinski definition) is 0. The lowest BCUT2D eigenvalue weighted by Crippen LogP contribution is -2.14. The van der Waals surface area contributed by atoms with Gasteiger partial charge in [0.1, 0.15) is 11.0 Å². The van der Waals surface area contributed by atoms with E-state index in [0.717, 1.165) is 11.5 Å². The van der Waals surface area contributed by atoms with E-state index in [-0.39, 0.29) is 5.41 Å². The zero-order valence-electron chi connectivity index (χ0n) is 7.85. The molecular weight excluding hydrogens is 172 g/mol. The van der Waals surface area contributed by atoms with E-state index in [9.17, 15) is 0 Å². The second kappa shape index (κ2) is 3.02. The first-order valence-electron chi connectivity index (χ1n) is 3.91. The van der Waals surface area contributed by atoms with Gasteiger partial charge in [0.2, 0.25) is 0 Å². The van der Waals surface area contributed by atoms with Crippen LogP contribution in [0.15, 0.2) is 6.07 Å². The van der Waals surface area contributed by atoms with Gasteiger partial charge in [-0.2, -0.15) is 0 Å². The van der Waals surface area contributed by atoms with Crippen LogP contribution in [0.4, 0.5) is 0 Å². The summed E-state index contributed by atoms with van der Waals surface area (Å²) in [6, 6.07) is 1.81. The highest BCUT2D eigenvalue weighted by Crippen LogP contribution is 2.21. The summed E-state index contributed by atoms with van der Waals surface area (Å²) in [6.07, 6.45) is 0. The standard InChI is InChI=1S/C9H13ClN2/c1-6-11-7(9(2,3)4)5-8(10)12-6/h5H,1-4H3. The Hall–Kier alpha value is -0.630. The van der Waals surface area contributed by atoms with Gasteiger partial charge in [0.05, 0.1) is 5.69 Å². The fourth-order valence-electron chi connectivity index (χ4n) is 0.915. The topological polar surface area (TPSA) is 25.8 Å². The lowest BCUT2D eigenvalue weighted by molar-refractivity contribution is 0.564. The highest BCUT2D eigenvalue weighted by molar-refractivity contribution is 6.29. The maximum Gasteiger partial charge on any atom is 0.133 e. The number of nitrogens with zero attached hydrogens (tertiary/aromatic N) is 2. The third-order valence-corrected chi connectivity index (χ3v) is 1.77. The molecule has 0 atom stereocenters. The van der Waals surface area contributed by atoms with Crippen molar-refractivity contribution in [3.8, 4) is 0 Å². The van der Waals surface area contributed by atoms with Crippen LogP contribution >= 0.6 is 11.6 Å². The van der Waals surface area contributed by atoms with E-state index in [4.69, 9.17) is 11.6 Å². The van der Waals surface area contributed by atoms with Crippen LogP contribution in [0.5, 0.6) is 0 Å². The second-order valence-corrected chi connectivity index (χ2v) is 4.26. The molecule has 2 nitrogen and oxygen atoms in total. The molecule has 1 rings (SSSR count). The summed E-state index contributed by atoms with van der Waals surface area (Å²) in [4.78, 5) is 8.31. The SMILES string of the molecule is Cc1nc(Cl)cc(C(C)(C)C)n1. The molecule has 0 spiro atoms. The predicted molar refractivity (Wildman–Crippen MR) is 50.5 cm³/mol. The Balaban J connectivity index is 3.18. The van der Waals surface area contributed by atoms with E-state index in [2.05, 4.69) is 30.7 Å². The van der Waals surface area contributed by atoms with Crippen LogP contribution in [0.1, 0.15) is 32.3 Å². The molecule has 66 valence electrons. The Kier molecular flexibility index (Phi) is 2.38. The number of aryl methyl sites for hydroxylation is 1. The number of halogens is 1. The summed E-state index contributed by atoms with van der Waals surface area (Å²) in [6.45, 7) is 8.16. The molecule has 0 N–H and O–H groups in total. The van der Waals surface area contributed by atoms with E-state index in [1.807, 2.05) is 13.0 Å². The predicted octanol–water partition coefficient (Wildman–Crippen LogP) is 2.74. The molecule has 1 aromatic heterocycles. The van der Waals surface area contributed by atoms with Crippen molar-refractivity contribution in [1.29, 1.82) is 0 Å². The molecule has 0 aliphatic rings. The summed E-state index contributed by atoms with van der Waals surface area (Å²) in [7, 11) is 0. The quantitative estimate of drug-likeness (QED) is 0.580. The van der Waals surface area contributed by atoms with Crippen molar-refractivity contribution in [1.82, 2.24) is 9.97 Å². The monoisotopic (exact) mass is 184 g/mol. The molecule has 0 aliphatic carbocycles. The molecule has 3 heteroatoms. The summed E-state index contributed by atoms with van der Waals surface area (Å²) in [5.74, 6) is 0.729. The van der Waals surface area contributed by atoms with Gasteiger partial charge in [-0.3, -0.25) is 0 Å². The largest absolute Gasteiger partial charge is 0.238 e. The lowest BCUT2D eigenvalue weighted by Gasteiger charge is -2.17. The molecule has 0 saturated carbocycles. The average Bonchev–Trinajstić information content (AvgIpc) is 1.82. The average molecular weight is 185 g/mol. The van der Waals surface area contributed by atoms with Gasteiger partial charge in [-0.25, -0.2) is 9.97 Å². The minimum absolute atomic E-state index is 0.0390. The van der Waals surface area contributed by atoms with E-state index in [1.54, 1.807) is 0 Å². The first kappa shape index (κ1) is 9.46. The Morgan fingerprint density at radius 3 is 2.25 bits per heavy atom. The maximum absolute atomic E-state index is 5.81. The number of aromatic nitrogens is 2. The molecule has 0 unspecified atom stereocenters. The van der Waals surface area contributed by atoms with Crippen LogP contribution in [0.2, 0.25) is 5.15 Å². The fraction of sp³-hybridized carbons (Fsp3) is 0.556. The molecule has 0 amide bonds. The van der Waals surface area contributed by atoms with Gasteiger partial charge in [0, 0.05) is 5.41 Å². The van der Waals surface area contributed by atoms with Gasteiger partial charge >= 0.3 is 0 Å². The highest BCUT2D eigenvalue weighted by Gasteiger charge is 2.16. The van der Waals surface area contributed by atoms with Gasteiger partial charge in [-0.1, -0.05) is 32.4 Å². The normalized spacial score (nSPS) is 11.8. The lowest BCUT2D eigenvalue weighted by atomic mass is 9.92. The van der Waals surface area contributed by atoms with Crippen LogP contribution in [-0.2, 0) is 5.41 Å². The maximum atomic E-state index is 5.81. The van der Waals surface area contributed by atoms with Crippen molar-refractivity contribution < 1.29 is 0 Å². The molecule has 0 saturated heterocycles. The van der Waals surface area contributed by atoms with Crippen molar-refractivity contribution in [2.24, 2.45) is 0 Å². The zero-order chi connectivity index (χ0) is 9.35. The molecule has 0 radical (unpaired) electrons. The Morgan fingerprint density at radius 1 is 1.25 bits per heavy atom. The van der Waals surface area contributed by atoms with Crippen LogP contribution in [0, 0.1) is 6.92 Å². The van der Waals surface area contributed by atoms with Gasteiger partial charge in [0.25, 0.3) is 0 Å². The molecule has 0 aromatic carbocycles. The number of rotatable bonds is 0. The van der Waals surface area contributed by atoms with E-state index < -0.39 is 0 Å². The van der Waals surface area contributed by atoms with E-state index in [0.29, 0.717) is 5.15 Å². The molecule has 12 heavy (non-hydrogen) atoms. The third kappa shape index (κ3) is 2.18. The summed E-state index contributed by atoms with van der Waals surface area (Å²) >= 11 is 5.81. The van der Waals surface area contributed by atoms with Gasteiger partial charge in [-0.15, -0.1) is 0 Å². The summed E-state index contributed by atoms with van der Waals surface area (Å²) < 4.78 is 0. The van der Waals surface area contributed by atoms with Crippen LogP contribution in [0.25, 0.3) is 0 Å². The van der Waals surface area contributed by atoms with E-state index in [1.165, 1.54) is 0 Å². The zero-order valence-corrected chi connectivity index (χ0v) is 8.61. The second-order valence-electron chi connectivity index (χ2n) is 3.87. The van der Waals surface area contributed by atoms with Gasteiger partial charge < -0.3 is 0 Å². The molecule has 1 heterocycles. The summed E-state index contributed by atoms with van der Waals surface area (Å²) in [5.41, 5.74) is 1.03. The minimum Gasteiger partial charge on any atom is -0.238 e. The number of hydrogen-bond acceptors (Lipinski definition) is 2. The fourth-order valence-corrected chi connectivity index (χ4v) is 1.14. The van der Waals surface area contributed by atoms with Crippen LogP contribution in [-0.4, -0.2) is 9.97 Å². The highest BCUT2D eigenvalue weighted by atomic mass is 35.5. The van der Waals surface area contributed by atoms with Crippen molar-refractivity contribution in [3.05, 3.63) is 22.7 Å². The third-order valence-electron chi connectivity index (χ3n) is 1.58. The molecule has 1 aromatic rings. The minimum atomic E-state index is 0.0390. The molecular formula is C9H13ClN2. The Morgan fingerprint density at radius 2 is 1.83 bits per heavy atom.